The van der Waals surface area contributed by atoms with E-state index < -0.39 is 11.9 Å². The first-order valence-corrected chi connectivity index (χ1v) is 10.1. The van der Waals surface area contributed by atoms with E-state index in [-0.39, 0.29) is 28.7 Å². The lowest BCUT2D eigenvalue weighted by Gasteiger charge is -2.27. The van der Waals surface area contributed by atoms with Gasteiger partial charge in [-0.05, 0) is 46.2 Å². The first kappa shape index (κ1) is 22.9. The quantitative estimate of drug-likeness (QED) is 0.453. The third-order valence-corrected chi connectivity index (χ3v) is 4.89. The van der Waals surface area contributed by atoms with Crippen LogP contribution in [0.15, 0.2) is 40.9 Å². The Morgan fingerprint density at radius 3 is 2.10 bits per heavy atom. The van der Waals surface area contributed by atoms with E-state index in [0.717, 1.165) is 5.56 Å². The number of hydrogen-bond acceptors (Lipinski definition) is 4. The van der Waals surface area contributed by atoms with E-state index in [2.05, 4.69) is 63.5 Å². The van der Waals surface area contributed by atoms with Gasteiger partial charge in [-0.3, -0.25) is 0 Å². The van der Waals surface area contributed by atoms with E-state index in [9.17, 15) is 14.7 Å². The van der Waals surface area contributed by atoms with Crippen LogP contribution in [0.5, 0.6) is 11.5 Å². The number of rotatable bonds is 5. The maximum atomic E-state index is 12.3. The number of carbonyl (C=O) groups is 2. The Morgan fingerprint density at radius 2 is 1.55 bits per heavy atom. The minimum atomic E-state index is -1.18. The summed E-state index contributed by atoms with van der Waals surface area (Å²) in [7, 11) is 0. The van der Waals surface area contributed by atoms with Crippen LogP contribution in [0.4, 0.5) is 0 Å². The number of carboxylic acids is 1. The Hall–Kier alpha value is -2.34. The number of aromatic carboxylic acids is 1. The molecular weight excluding hydrogens is 436 g/mol. The molecule has 0 amide bonds. The van der Waals surface area contributed by atoms with Crippen LogP contribution in [-0.4, -0.2) is 23.7 Å². The lowest BCUT2D eigenvalue weighted by Crippen LogP contribution is -2.22. The van der Waals surface area contributed by atoms with E-state index >= 15 is 0 Å². The molecule has 0 saturated heterocycles. The molecule has 2 aromatic carbocycles. The van der Waals surface area contributed by atoms with E-state index in [1.54, 1.807) is 6.07 Å². The van der Waals surface area contributed by atoms with Crippen LogP contribution < -0.4 is 9.47 Å². The van der Waals surface area contributed by atoms with Crippen LogP contribution in [0, 0.1) is 0 Å². The summed E-state index contributed by atoms with van der Waals surface area (Å²) in [4.78, 5) is 23.6. The highest BCUT2D eigenvalue weighted by Gasteiger charge is 2.24. The van der Waals surface area contributed by atoms with Crippen LogP contribution in [-0.2, 0) is 15.6 Å². The molecule has 29 heavy (non-hydrogen) atoms. The van der Waals surface area contributed by atoms with Crippen molar-refractivity contribution in [2.24, 2.45) is 0 Å². The zero-order chi connectivity index (χ0) is 22.0. The predicted octanol–water partition coefficient (Wildman–Crippen LogP) is 5.73. The van der Waals surface area contributed by atoms with Gasteiger partial charge in [0.2, 0.25) is 0 Å². The van der Waals surface area contributed by atoms with Crippen molar-refractivity contribution in [1.29, 1.82) is 0 Å². The van der Waals surface area contributed by atoms with E-state index in [1.807, 2.05) is 12.1 Å². The van der Waals surface area contributed by atoms with Crippen LogP contribution >= 0.6 is 15.9 Å². The molecule has 0 fully saturated rings. The van der Waals surface area contributed by atoms with Crippen molar-refractivity contribution in [3.05, 3.63) is 57.6 Å². The fraction of sp³-hybridized carbons (Fsp3) is 0.391. The molecular formula is C23H27BrO5. The second kappa shape index (κ2) is 8.57. The van der Waals surface area contributed by atoms with Gasteiger partial charge in [-0.25, -0.2) is 9.59 Å². The summed E-state index contributed by atoms with van der Waals surface area (Å²) in [6.07, 6.45) is 0. The standard InChI is InChI=1S/C23H27BrO5/c1-22(2,3)14-7-9-19(17(11-14)23(4,5)6)28-13-20(25)29-18-10-8-15(24)12-16(18)21(26)27/h7-12H,13H2,1-6H3,(H,26,27). The first-order valence-electron chi connectivity index (χ1n) is 9.30. The molecule has 1 N–H and O–H groups in total. The number of hydrogen-bond donors (Lipinski definition) is 1. The van der Waals surface area contributed by atoms with Gasteiger partial charge in [0.05, 0.1) is 0 Å². The molecule has 5 nitrogen and oxygen atoms in total. The molecule has 6 heteroatoms. The van der Waals surface area contributed by atoms with Crippen molar-refractivity contribution >= 4 is 27.9 Å². The van der Waals surface area contributed by atoms with Crippen molar-refractivity contribution < 1.29 is 24.2 Å². The molecule has 0 radical (unpaired) electrons. The van der Waals surface area contributed by atoms with Crippen molar-refractivity contribution in [3.63, 3.8) is 0 Å². The monoisotopic (exact) mass is 462 g/mol. The predicted molar refractivity (Wildman–Crippen MR) is 116 cm³/mol. The molecule has 2 rings (SSSR count). The van der Waals surface area contributed by atoms with Crippen molar-refractivity contribution in [2.75, 3.05) is 6.61 Å². The molecule has 0 bridgehead atoms. The molecule has 0 aliphatic heterocycles. The Bertz CT molecular complexity index is 920. The Labute approximate surface area is 180 Å². The summed E-state index contributed by atoms with van der Waals surface area (Å²) < 4.78 is 11.6. The Balaban J connectivity index is 2.20. The lowest BCUT2D eigenvalue weighted by molar-refractivity contribution is -0.136. The van der Waals surface area contributed by atoms with E-state index in [4.69, 9.17) is 9.47 Å². The highest BCUT2D eigenvalue weighted by Crippen LogP contribution is 2.35. The molecule has 0 heterocycles. The van der Waals surface area contributed by atoms with Crippen molar-refractivity contribution in [3.8, 4) is 11.5 Å². The van der Waals surface area contributed by atoms with Gasteiger partial charge >= 0.3 is 11.9 Å². The maximum Gasteiger partial charge on any atom is 0.349 e. The topological polar surface area (TPSA) is 72.8 Å². The van der Waals surface area contributed by atoms with Gasteiger partial charge in [0.25, 0.3) is 0 Å². The third kappa shape index (κ3) is 6.07. The number of carbonyl (C=O) groups excluding carboxylic acids is 1. The fourth-order valence-electron chi connectivity index (χ4n) is 2.76. The van der Waals surface area contributed by atoms with Crippen LogP contribution in [0.2, 0.25) is 0 Å². The van der Waals surface area contributed by atoms with E-state index in [1.165, 1.54) is 17.7 Å². The molecule has 0 aliphatic rings. The number of halogens is 1. The van der Waals surface area contributed by atoms with Crippen LogP contribution in [0.25, 0.3) is 0 Å². The van der Waals surface area contributed by atoms with Crippen LogP contribution in [0.1, 0.15) is 63.0 Å². The second-order valence-corrected chi connectivity index (χ2v) is 9.83. The van der Waals surface area contributed by atoms with Gasteiger partial charge in [-0.2, -0.15) is 0 Å². The summed E-state index contributed by atoms with van der Waals surface area (Å²) in [6, 6.07) is 10.4. The van der Waals surface area contributed by atoms with Gasteiger partial charge in [0.15, 0.2) is 6.61 Å². The number of esters is 1. The van der Waals surface area contributed by atoms with Crippen LogP contribution in [0.3, 0.4) is 0 Å². The van der Waals surface area contributed by atoms with Gasteiger partial charge in [-0.1, -0.05) is 69.6 Å². The molecule has 0 saturated carbocycles. The zero-order valence-corrected chi connectivity index (χ0v) is 19.2. The summed E-state index contributed by atoms with van der Waals surface area (Å²) >= 11 is 3.21. The zero-order valence-electron chi connectivity index (χ0n) is 17.6. The number of benzene rings is 2. The SMILES string of the molecule is CC(C)(C)c1ccc(OCC(=O)Oc2ccc(Br)cc2C(=O)O)c(C(C)(C)C)c1. The molecule has 0 spiro atoms. The summed E-state index contributed by atoms with van der Waals surface area (Å²) in [5, 5.41) is 9.29. The largest absolute Gasteiger partial charge is 0.482 e. The summed E-state index contributed by atoms with van der Waals surface area (Å²) in [6.45, 7) is 12.4. The Kier molecular flexibility index (Phi) is 6.78. The van der Waals surface area contributed by atoms with E-state index in [0.29, 0.717) is 10.2 Å². The van der Waals surface area contributed by atoms with Gasteiger partial charge < -0.3 is 14.6 Å². The maximum absolute atomic E-state index is 12.3. The van der Waals surface area contributed by atoms with Crippen molar-refractivity contribution in [2.45, 2.75) is 52.4 Å². The highest BCUT2D eigenvalue weighted by molar-refractivity contribution is 9.10. The highest BCUT2D eigenvalue weighted by atomic mass is 79.9. The molecule has 156 valence electrons. The van der Waals surface area contributed by atoms with Gasteiger partial charge in [0.1, 0.15) is 17.1 Å². The molecule has 0 unspecified atom stereocenters. The average molecular weight is 463 g/mol. The molecule has 0 aliphatic carbocycles. The second-order valence-electron chi connectivity index (χ2n) is 8.92. The smallest absolute Gasteiger partial charge is 0.349 e. The Morgan fingerprint density at radius 1 is 0.931 bits per heavy atom. The lowest BCUT2D eigenvalue weighted by atomic mass is 9.80. The average Bonchev–Trinajstić information content (AvgIpc) is 2.59. The first-order chi connectivity index (χ1) is 13.3. The molecule has 0 aromatic heterocycles. The third-order valence-electron chi connectivity index (χ3n) is 4.39. The number of ether oxygens (including phenoxy) is 2. The fourth-order valence-corrected chi connectivity index (χ4v) is 3.12. The van der Waals surface area contributed by atoms with Crippen molar-refractivity contribution in [1.82, 2.24) is 0 Å². The summed E-state index contributed by atoms with van der Waals surface area (Å²) in [5.41, 5.74) is 1.89. The molecule has 0 atom stereocenters. The number of carboxylic acid groups (broad SMARTS) is 1. The minimum Gasteiger partial charge on any atom is -0.482 e. The summed E-state index contributed by atoms with van der Waals surface area (Å²) in [5.74, 6) is -1.26. The van der Waals surface area contributed by atoms with Gasteiger partial charge in [-0.15, -0.1) is 0 Å². The normalized spacial score (nSPS) is 11.8. The minimum absolute atomic E-state index is 0.00766. The molecule has 2 aromatic rings. The van der Waals surface area contributed by atoms with Gasteiger partial charge in [0, 0.05) is 4.47 Å².